The number of carbonyl (C=O) groups is 1. The van der Waals surface area contributed by atoms with Crippen molar-refractivity contribution in [1.82, 2.24) is 9.88 Å². The molecule has 0 bridgehead atoms. The van der Waals surface area contributed by atoms with Gasteiger partial charge in [-0.2, -0.15) is 24.5 Å². The number of rotatable bonds is 3. The zero-order valence-corrected chi connectivity index (χ0v) is 16.3. The molecule has 1 aromatic carbocycles. The SMILES string of the molecule is CN1C(=O)C(c2ccnc(C(F)(F)F)c2)(c2ccc(F)c(-c3ccsc3)c2)N=C1N. The maximum atomic E-state index is 14.5. The van der Waals surface area contributed by atoms with Crippen LogP contribution in [0.2, 0.25) is 0 Å². The quantitative estimate of drug-likeness (QED) is 0.634. The van der Waals surface area contributed by atoms with Gasteiger partial charge in [0.2, 0.25) is 0 Å². The first-order chi connectivity index (χ1) is 14.1. The smallest absolute Gasteiger partial charge is 0.369 e. The van der Waals surface area contributed by atoms with Gasteiger partial charge in [-0.3, -0.25) is 14.7 Å². The van der Waals surface area contributed by atoms with Crippen LogP contribution in [-0.4, -0.2) is 28.8 Å². The van der Waals surface area contributed by atoms with Gasteiger partial charge in [0.05, 0.1) is 0 Å². The van der Waals surface area contributed by atoms with Crippen molar-refractivity contribution in [1.29, 1.82) is 0 Å². The van der Waals surface area contributed by atoms with E-state index >= 15 is 0 Å². The molecule has 0 spiro atoms. The number of amides is 1. The van der Waals surface area contributed by atoms with Crippen LogP contribution < -0.4 is 5.73 Å². The van der Waals surface area contributed by atoms with E-state index in [2.05, 4.69) is 9.98 Å². The molecule has 0 radical (unpaired) electrons. The summed E-state index contributed by atoms with van der Waals surface area (Å²) in [6.07, 6.45) is -3.76. The van der Waals surface area contributed by atoms with Crippen molar-refractivity contribution in [2.75, 3.05) is 7.05 Å². The van der Waals surface area contributed by atoms with Crippen molar-refractivity contribution in [3.05, 3.63) is 76.0 Å². The van der Waals surface area contributed by atoms with Crippen LogP contribution in [0.5, 0.6) is 0 Å². The van der Waals surface area contributed by atoms with Crippen LogP contribution >= 0.6 is 11.3 Å². The number of nitrogens with two attached hydrogens (primary N) is 1. The number of hydrogen-bond acceptors (Lipinski definition) is 5. The first-order valence-electron chi connectivity index (χ1n) is 8.64. The fraction of sp³-hybridized carbons (Fsp3) is 0.150. The van der Waals surface area contributed by atoms with Crippen LogP contribution in [0.25, 0.3) is 11.1 Å². The Kier molecular flexibility index (Phi) is 4.61. The van der Waals surface area contributed by atoms with Gasteiger partial charge in [-0.05, 0) is 57.8 Å². The Balaban J connectivity index is 1.99. The van der Waals surface area contributed by atoms with Gasteiger partial charge in [-0.15, -0.1) is 0 Å². The Bertz CT molecular complexity index is 1160. The molecule has 0 saturated carbocycles. The van der Waals surface area contributed by atoms with E-state index in [-0.39, 0.29) is 22.6 Å². The van der Waals surface area contributed by atoms with Crippen LogP contribution in [0, 0.1) is 5.82 Å². The van der Waals surface area contributed by atoms with Crippen LogP contribution in [0.15, 0.2) is 58.3 Å². The molecule has 2 N–H and O–H groups in total. The number of nitrogens with zero attached hydrogens (tertiary/aromatic N) is 3. The third kappa shape index (κ3) is 3.04. The predicted molar refractivity (Wildman–Crippen MR) is 104 cm³/mol. The van der Waals surface area contributed by atoms with Gasteiger partial charge in [0.15, 0.2) is 11.5 Å². The molecule has 1 atom stereocenters. The van der Waals surface area contributed by atoms with Crippen molar-refractivity contribution in [2.45, 2.75) is 11.7 Å². The second-order valence-corrected chi connectivity index (χ2v) is 7.46. The fourth-order valence-electron chi connectivity index (χ4n) is 3.38. The lowest BCUT2D eigenvalue weighted by atomic mass is 9.81. The number of hydrogen-bond donors (Lipinski definition) is 1. The summed E-state index contributed by atoms with van der Waals surface area (Å²) in [5.74, 6) is -1.34. The summed E-state index contributed by atoms with van der Waals surface area (Å²) in [5.41, 5.74) is 3.70. The molecule has 0 fully saturated rings. The molecule has 10 heteroatoms. The molecule has 1 aliphatic rings. The van der Waals surface area contributed by atoms with E-state index in [4.69, 9.17) is 5.73 Å². The molecule has 1 unspecified atom stereocenters. The van der Waals surface area contributed by atoms with Gasteiger partial charge < -0.3 is 5.73 Å². The number of aromatic nitrogens is 1. The minimum atomic E-state index is -4.72. The Morgan fingerprint density at radius 3 is 2.47 bits per heavy atom. The van der Waals surface area contributed by atoms with Crippen molar-refractivity contribution in [2.24, 2.45) is 10.7 Å². The standard InChI is InChI=1S/C20H14F4N4OS/c1-28-17(29)19(27-18(28)25,13-4-6-26-16(9-13)20(22,23)24)12-2-3-15(21)14(8-12)11-5-7-30-10-11/h2-10H,1H3,(H2,25,27). The highest BCUT2D eigenvalue weighted by Crippen LogP contribution is 2.42. The highest BCUT2D eigenvalue weighted by molar-refractivity contribution is 7.08. The molecular weight excluding hydrogens is 420 g/mol. The van der Waals surface area contributed by atoms with Gasteiger partial charge in [-0.25, -0.2) is 9.38 Å². The molecule has 30 heavy (non-hydrogen) atoms. The Hall–Kier alpha value is -3.27. The molecule has 0 aliphatic carbocycles. The molecule has 2 aromatic heterocycles. The van der Waals surface area contributed by atoms with Crippen molar-refractivity contribution < 1.29 is 22.4 Å². The van der Waals surface area contributed by atoms with Crippen molar-refractivity contribution in [3.63, 3.8) is 0 Å². The van der Waals surface area contributed by atoms with Crippen molar-refractivity contribution >= 4 is 23.2 Å². The number of thiophene rings is 1. The second-order valence-electron chi connectivity index (χ2n) is 6.68. The summed E-state index contributed by atoms with van der Waals surface area (Å²) < 4.78 is 54.3. The summed E-state index contributed by atoms with van der Waals surface area (Å²) in [7, 11) is 1.37. The van der Waals surface area contributed by atoms with Crippen LogP contribution in [-0.2, 0) is 16.5 Å². The lowest BCUT2D eigenvalue weighted by Crippen LogP contribution is -2.41. The number of pyridine rings is 1. The molecule has 3 aromatic rings. The van der Waals surface area contributed by atoms with Crippen LogP contribution in [0.1, 0.15) is 16.8 Å². The summed E-state index contributed by atoms with van der Waals surface area (Å²) in [4.78, 5) is 21.9. The van der Waals surface area contributed by atoms with E-state index in [1.807, 2.05) is 0 Å². The van der Waals surface area contributed by atoms with Gasteiger partial charge in [0.25, 0.3) is 5.91 Å². The lowest BCUT2D eigenvalue weighted by molar-refractivity contribution is -0.141. The Labute approximate surface area is 172 Å². The van der Waals surface area contributed by atoms with Gasteiger partial charge in [0, 0.05) is 18.8 Å². The van der Waals surface area contributed by atoms with Crippen LogP contribution in [0.4, 0.5) is 17.6 Å². The van der Waals surface area contributed by atoms with E-state index in [9.17, 15) is 22.4 Å². The molecular formula is C20H14F4N4OS. The zero-order valence-electron chi connectivity index (χ0n) is 15.4. The average Bonchev–Trinajstić information content (AvgIpc) is 3.32. The lowest BCUT2D eigenvalue weighted by Gasteiger charge is -2.27. The second kappa shape index (κ2) is 6.91. The van der Waals surface area contributed by atoms with Crippen LogP contribution in [0.3, 0.4) is 0 Å². The number of alkyl halides is 3. The monoisotopic (exact) mass is 434 g/mol. The van der Waals surface area contributed by atoms with Gasteiger partial charge >= 0.3 is 6.18 Å². The molecule has 5 nitrogen and oxygen atoms in total. The molecule has 154 valence electrons. The molecule has 1 aliphatic heterocycles. The zero-order chi connectivity index (χ0) is 21.7. The Morgan fingerprint density at radius 1 is 1.13 bits per heavy atom. The summed E-state index contributed by atoms with van der Waals surface area (Å²) in [6.45, 7) is 0. The highest BCUT2D eigenvalue weighted by Gasteiger charge is 2.50. The first-order valence-corrected chi connectivity index (χ1v) is 9.58. The summed E-state index contributed by atoms with van der Waals surface area (Å²) in [6, 6.07) is 7.64. The maximum Gasteiger partial charge on any atom is 0.433 e. The molecule has 1 amide bonds. The number of guanidine groups is 1. The maximum absolute atomic E-state index is 14.5. The van der Waals surface area contributed by atoms with E-state index in [1.54, 1.807) is 16.8 Å². The first kappa shape index (κ1) is 20.0. The molecule has 0 saturated heterocycles. The fourth-order valence-corrected chi connectivity index (χ4v) is 4.04. The summed E-state index contributed by atoms with van der Waals surface area (Å²) >= 11 is 1.36. The Morgan fingerprint density at radius 2 is 1.87 bits per heavy atom. The van der Waals surface area contributed by atoms with E-state index in [0.29, 0.717) is 5.56 Å². The van der Waals surface area contributed by atoms with E-state index in [0.717, 1.165) is 23.2 Å². The summed E-state index contributed by atoms with van der Waals surface area (Å²) in [5, 5.41) is 3.49. The van der Waals surface area contributed by atoms with Gasteiger partial charge in [-0.1, -0.05) is 6.07 Å². The number of benzene rings is 1. The normalized spacial score (nSPS) is 19.3. The molecule has 4 rings (SSSR count). The number of halogens is 4. The third-order valence-corrected chi connectivity index (χ3v) is 5.61. The van der Waals surface area contributed by atoms with E-state index in [1.165, 1.54) is 36.6 Å². The average molecular weight is 434 g/mol. The van der Waals surface area contributed by atoms with E-state index < -0.39 is 29.1 Å². The predicted octanol–water partition coefficient (Wildman–Crippen LogP) is 4.00. The minimum Gasteiger partial charge on any atom is -0.369 e. The minimum absolute atomic E-state index is 0.0648. The largest absolute Gasteiger partial charge is 0.433 e. The highest BCUT2D eigenvalue weighted by atomic mass is 32.1. The molecule has 3 heterocycles. The van der Waals surface area contributed by atoms with Crippen molar-refractivity contribution in [3.8, 4) is 11.1 Å². The number of carbonyl (C=O) groups excluding carboxylic acids is 1. The van der Waals surface area contributed by atoms with Gasteiger partial charge in [0.1, 0.15) is 11.5 Å². The third-order valence-electron chi connectivity index (χ3n) is 4.92. The number of likely N-dealkylation sites (N-methyl/N-ethyl adjacent to an activating group) is 1. The number of aliphatic imine (C=N–C) groups is 1. The topological polar surface area (TPSA) is 71.6 Å².